The smallest absolute Gasteiger partial charge is 0.249 e. The largest absolute Gasteiger partial charge is 0.373 e. The Bertz CT molecular complexity index is 495. The molecule has 96 valence electrons. The van der Waals surface area contributed by atoms with Crippen LogP contribution in [0.25, 0.3) is 5.70 Å². The predicted molar refractivity (Wildman–Crippen MR) is 70.6 cm³/mol. The van der Waals surface area contributed by atoms with Crippen LogP contribution in [0, 0.1) is 0 Å². The Kier molecular flexibility index (Phi) is 3.78. The standard InChI is InChI=1S/C12H15N3O2S/c1-7(10-4-8(5-13)6-18-10)14-9-2-3-11(16)15-12(9)17/h4,6,9,14H,1-3,5,13H2,(H,15,16,17). The molecule has 1 fully saturated rings. The quantitative estimate of drug-likeness (QED) is 0.695. The number of nitrogens with one attached hydrogen (secondary N) is 2. The summed E-state index contributed by atoms with van der Waals surface area (Å²) >= 11 is 1.53. The van der Waals surface area contributed by atoms with Crippen LogP contribution in [0.1, 0.15) is 23.3 Å². The number of piperidine rings is 1. The maximum Gasteiger partial charge on any atom is 0.249 e. The molecule has 0 aliphatic carbocycles. The van der Waals surface area contributed by atoms with Gasteiger partial charge in [-0.1, -0.05) is 6.58 Å². The first-order valence-electron chi connectivity index (χ1n) is 5.67. The molecular formula is C12H15N3O2S. The normalized spacial score (nSPS) is 19.5. The lowest BCUT2D eigenvalue weighted by Gasteiger charge is -2.23. The number of hydrogen-bond donors (Lipinski definition) is 3. The van der Waals surface area contributed by atoms with Crippen LogP contribution in [0.5, 0.6) is 0 Å². The van der Waals surface area contributed by atoms with Crippen molar-refractivity contribution in [2.75, 3.05) is 0 Å². The van der Waals surface area contributed by atoms with E-state index in [1.54, 1.807) is 0 Å². The Morgan fingerprint density at radius 2 is 2.39 bits per heavy atom. The van der Waals surface area contributed by atoms with Gasteiger partial charge in [0.05, 0.1) is 0 Å². The molecule has 1 aromatic rings. The monoisotopic (exact) mass is 265 g/mol. The van der Waals surface area contributed by atoms with Gasteiger partial charge >= 0.3 is 0 Å². The highest BCUT2D eigenvalue weighted by atomic mass is 32.1. The highest BCUT2D eigenvalue weighted by Crippen LogP contribution is 2.21. The molecule has 6 heteroatoms. The summed E-state index contributed by atoms with van der Waals surface area (Å²) in [7, 11) is 0. The number of rotatable bonds is 4. The van der Waals surface area contributed by atoms with Gasteiger partial charge < -0.3 is 11.1 Å². The molecule has 5 nitrogen and oxygen atoms in total. The molecule has 1 unspecified atom stereocenters. The summed E-state index contributed by atoms with van der Waals surface area (Å²) in [4.78, 5) is 23.6. The predicted octanol–water partition coefficient (Wildman–Crippen LogP) is 0.572. The molecule has 2 amide bonds. The van der Waals surface area contributed by atoms with Gasteiger partial charge in [-0.3, -0.25) is 14.9 Å². The molecular weight excluding hydrogens is 250 g/mol. The van der Waals surface area contributed by atoms with Crippen LogP contribution in [-0.2, 0) is 16.1 Å². The van der Waals surface area contributed by atoms with Crippen LogP contribution < -0.4 is 16.4 Å². The molecule has 1 saturated heterocycles. The zero-order valence-corrected chi connectivity index (χ0v) is 10.7. The van der Waals surface area contributed by atoms with E-state index in [4.69, 9.17) is 5.73 Å². The fourth-order valence-electron chi connectivity index (χ4n) is 1.75. The molecule has 0 saturated carbocycles. The first-order valence-corrected chi connectivity index (χ1v) is 6.55. The Labute approximate surface area is 109 Å². The fourth-order valence-corrected chi connectivity index (χ4v) is 2.62. The number of amides is 2. The minimum Gasteiger partial charge on any atom is -0.373 e. The number of imide groups is 1. The zero-order chi connectivity index (χ0) is 13.1. The summed E-state index contributed by atoms with van der Waals surface area (Å²) in [5.74, 6) is -0.506. The van der Waals surface area contributed by atoms with Crippen LogP contribution in [0.4, 0.5) is 0 Å². The van der Waals surface area contributed by atoms with Crippen LogP contribution in [0.15, 0.2) is 18.0 Å². The molecule has 0 radical (unpaired) electrons. The summed E-state index contributed by atoms with van der Waals surface area (Å²) in [6.07, 6.45) is 0.855. The van der Waals surface area contributed by atoms with Crippen molar-refractivity contribution in [3.63, 3.8) is 0 Å². The maximum absolute atomic E-state index is 11.6. The Morgan fingerprint density at radius 1 is 1.61 bits per heavy atom. The van der Waals surface area contributed by atoms with Gasteiger partial charge in [-0.25, -0.2) is 0 Å². The van der Waals surface area contributed by atoms with E-state index < -0.39 is 6.04 Å². The van der Waals surface area contributed by atoms with Gasteiger partial charge in [-0.05, 0) is 23.4 Å². The molecule has 0 bridgehead atoms. The molecule has 1 aromatic heterocycles. The van der Waals surface area contributed by atoms with Crippen molar-refractivity contribution in [1.82, 2.24) is 10.6 Å². The van der Waals surface area contributed by atoms with Crippen molar-refractivity contribution in [3.8, 4) is 0 Å². The van der Waals surface area contributed by atoms with Crippen LogP contribution in [-0.4, -0.2) is 17.9 Å². The SMILES string of the molecule is C=C(NC1CCC(=O)NC1=O)c1cc(CN)cs1. The van der Waals surface area contributed by atoms with E-state index in [1.807, 2.05) is 11.4 Å². The lowest BCUT2D eigenvalue weighted by molar-refractivity contribution is -0.134. The van der Waals surface area contributed by atoms with Crippen molar-refractivity contribution in [2.45, 2.75) is 25.4 Å². The molecule has 0 spiro atoms. The molecule has 1 aliphatic rings. The van der Waals surface area contributed by atoms with E-state index in [9.17, 15) is 9.59 Å². The Hall–Kier alpha value is -1.66. The van der Waals surface area contributed by atoms with Crippen molar-refractivity contribution < 1.29 is 9.59 Å². The number of thiophene rings is 1. The average molecular weight is 265 g/mol. The number of carbonyl (C=O) groups excluding carboxylic acids is 2. The van der Waals surface area contributed by atoms with Crippen molar-refractivity contribution in [1.29, 1.82) is 0 Å². The summed E-state index contributed by atoms with van der Waals surface area (Å²) in [5.41, 5.74) is 7.27. The first kappa shape index (κ1) is 12.8. The highest BCUT2D eigenvalue weighted by Gasteiger charge is 2.26. The van der Waals surface area contributed by atoms with Crippen molar-refractivity contribution in [2.24, 2.45) is 5.73 Å². The topological polar surface area (TPSA) is 84.2 Å². The van der Waals surface area contributed by atoms with Crippen molar-refractivity contribution in [3.05, 3.63) is 28.5 Å². The average Bonchev–Trinajstić information content (AvgIpc) is 2.81. The van der Waals surface area contributed by atoms with E-state index in [0.29, 0.717) is 25.1 Å². The Morgan fingerprint density at radius 3 is 3.00 bits per heavy atom. The van der Waals surface area contributed by atoms with Gasteiger partial charge in [0.25, 0.3) is 0 Å². The summed E-state index contributed by atoms with van der Waals surface area (Å²) in [6.45, 7) is 4.40. The van der Waals surface area contributed by atoms with Gasteiger partial charge in [0, 0.05) is 23.5 Å². The summed E-state index contributed by atoms with van der Waals surface area (Å²) < 4.78 is 0. The van der Waals surface area contributed by atoms with Crippen LogP contribution in [0.2, 0.25) is 0 Å². The lowest BCUT2D eigenvalue weighted by atomic mass is 10.1. The zero-order valence-electron chi connectivity index (χ0n) is 9.86. The Balaban J connectivity index is 1.99. The second kappa shape index (κ2) is 5.32. The van der Waals surface area contributed by atoms with Gasteiger partial charge in [-0.15, -0.1) is 11.3 Å². The van der Waals surface area contributed by atoms with E-state index in [2.05, 4.69) is 17.2 Å². The van der Waals surface area contributed by atoms with Gasteiger partial charge in [-0.2, -0.15) is 0 Å². The molecule has 2 heterocycles. The number of carbonyl (C=O) groups is 2. The molecule has 2 rings (SSSR count). The third-order valence-electron chi connectivity index (χ3n) is 2.77. The lowest BCUT2D eigenvalue weighted by Crippen LogP contribution is -2.49. The minimum absolute atomic E-state index is 0.217. The van der Waals surface area contributed by atoms with E-state index in [0.717, 1.165) is 10.4 Å². The summed E-state index contributed by atoms with van der Waals surface area (Å²) in [6, 6.07) is 1.56. The molecule has 1 atom stereocenters. The van der Waals surface area contributed by atoms with Gasteiger partial charge in [0.1, 0.15) is 6.04 Å². The third-order valence-corrected chi connectivity index (χ3v) is 3.81. The molecule has 0 aromatic carbocycles. The molecule has 1 aliphatic heterocycles. The number of hydrogen-bond acceptors (Lipinski definition) is 5. The second-order valence-corrected chi connectivity index (χ2v) is 5.06. The van der Waals surface area contributed by atoms with Gasteiger partial charge in [0.2, 0.25) is 11.8 Å². The van der Waals surface area contributed by atoms with Crippen molar-refractivity contribution >= 4 is 28.8 Å². The highest BCUT2D eigenvalue weighted by molar-refractivity contribution is 7.11. The molecule has 4 N–H and O–H groups in total. The maximum atomic E-state index is 11.6. The third kappa shape index (κ3) is 2.77. The van der Waals surface area contributed by atoms with E-state index >= 15 is 0 Å². The van der Waals surface area contributed by atoms with Crippen LogP contribution >= 0.6 is 11.3 Å². The van der Waals surface area contributed by atoms with E-state index in [-0.39, 0.29) is 11.8 Å². The van der Waals surface area contributed by atoms with Crippen LogP contribution in [0.3, 0.4) is 0 Å². The number of nitrogens with two attached hydrogens (primary N) is 1. The first-order chi connectivity index (χ1) is 8.60. The van der Waals surface area contributed by atoms with Gasteiger partial charge in [0.15, 0.2) is 0 Å². The minimum atomic E-state index is -0.390. The molecule has 18 heavy (non-hydrogen) atoms. The van der Waals surface area contributed by atoms with E-state index in [1.165, 1.54) is 11.3 Å². The summed E-state index contributed by atoms with van der Waals surface area (Å²) in [5, 5.41) is 7.32. The fraction of sp³-hybridized carbons (Fsp3) is 0.333. The second-order valence-electron chi connectivity index (χ2n) is 4.15.